The van der Waals surface area contributed by atoms with Gasteiger partial charge in [0.25, 0.3) is 0 Å². The van der Waals surface area contributed by atoms with E-state index in [1.807, 2.05) is 18.4 Å². The van der Waals surface area contributed by atoms with Crippen molar-refractivity contribution in [1.82, 2.24) is 4.57 Å². The molecule has 0 aliphatic carbocycles. The summed E-state index contributed by atoms with van der Waals surface area (Å²) >= 11 is 1.52. The maximum Gasteiger partial charge on any atom is 0.406 e. The number of alkyl halides is 3. The highest BCUT2D eigenvalue weighted by Crippen LogP contribution is 2.32. The number of aromatic nitrogens is 1. The highest BCUT2D eigenvalue weighted by atomic mass is 32.2. The molecule has 38 heavy (non-hydrogen) atoms. The van der Waals surface area contributed by atoms with Crippen molar-refractivity contribution in [1.29, 1.82) is 0 Å². The zero-order valence-corrected chi connectivity index (χ0v) is 22.1. The van der Waals surface area contributed by atoms with E-state index in [2.05, 4.69) is 22.5 Å². The maximum atomic E-state index is 13.5. The monoisotopic (exact) mass is 545 g/mol. The molecule has 2 N–H and O–H groups in total. The van der Waals surface area contributed by atoms with Crippen molar-refractivity contribution in [2.24, 2.45) is 0 Å². The lowest BCUT2D eigenvalue weighted by atomic mass is 10.1. The molecule has 10 heteroatoms. The molecule has 1 saturated heterocycles. The van der Waals surface area contributed by atoms with Crippen LogP contribution in [0.3, 0.4) is 0 Å². The highest BCUT2D eigenvalue weighted by Gasteiger charge is 2.30. The minimum Gasteiger partial charge on any atom is -0.424 e. The van der Waals surface area contributed by atoms with E-state index in [0.717, 1.165) is 23.4 Å². The van der Waals surface area contributed by atoms with Gasteiger partial charge in [-0.05, 0) is 61.4 Å². The number of ether oxygens (including phenoxy) is 2. The lowest BCUT2D eigenvalue weighted by molar-refractivity contribution is -0.140. The summed E-state index contributed by atoms with van der Waals surface area (Å²) in [5, 5.41) is 7.29. The third-order valence-electron chi connectivity index (χ3n) is 6.15. The fourth-order valence-electron chi connectivity index (χ4n) is 4.25. The molecule has 0 amide bonds. The first kappa shape index (κ1) is 27.7. The number of nitrogens with one attached hydrogen (secondary N) is 2. The number of carbonyl (C=O) groups is 1. The summed E-state index contributed by atoms with van der Waals surface area (Å²) in [6, 6.07) is 12.7. The molecule has 1 aromatic heterocycles. The van der Waals surface area contributed by atoms with E-state index in [1.165, 1.54) is 16.3 Å². The van der Waals surface area contributed by atoms with Gasteiger partial charge in [0.15, 0.2) is 5.75 Å². The molecule has 0 unspecified atom stereocenters. The smallest absolute Gasteiger partial charge is 0.406 e. The Hall–Kier alpha value is -3.29. The van der Waals surface area contributed by atoms with Crippen LogP contribution in [0.15, 0.2) is 47.4 Å². The molecule has 3 aromatic rings. The fourth-order valence-corrected chi connectivity index (χ4v) is 4.68. The molecule has 1 aliphatic heterocycles. The Morgan fingerprint density at radius 2 is 1.97 bits per heavy atom. The van der Waals surface area contributed by atoms with Crippen molar-refractivity contribution in [3.63, 3.8) is 0 Å². The van der Waals surface area contributed by atoms with E-state index in [4.69, 9.17) is 9.47 Å². The van der Waals surface area contributed by atoms with Crippen molar-refractivity contribution in [3.8, 4) is 17.6 Å². The number of benzene rings is 2. The van der Waals surface area contributed by atoms with E-state index in [1.54, 1.807) is 37.3 Å². The number of hydrogen-bond donors (Lipinski definition) is 2. The average Bonchev–Trinajstić information content (AvgIpc) is 3.24. The van der Waals surface area contributed by atoms with Crippen LogP contribution in [-0.2, 0) is 16.1 Å². The molecule has 6 nitrogen and oxygen atoms in total. The molecule has 1 aliphatic rings. The molecule has 0 bridgehead atoms. The Morgan fingerprint density at radius 3 is 2.68 bits per heavy atom. The topological polar surface area (TPSA) is 64.5 Å². The predicted molar refractivity (Wildman–Crippen MR) is 145 cm³/mol. The SMILES string of the molecule is CCC(=O)Oc1cc(SC)ccc1NCC#Cc1cc2c(NC3CCOCC3)cccc2n1CC(F)(F)F. The average molecular weight is 546 g/mol. The van der Waals surface area contributed by atoms with Gasteiger partial charge in [0.05, 0.1) is 23.4 Å². The number of fused-ring (bicyclic) bond motifs is 1. The van der Waals surface area contributed by atoms with Gasteiger partial charge in [-0.1, -0.05) is 18.9 Å². The normalized spacial score (nSPS) is 14.1. The van der Waals surface area contributed by atoms with Gasteiger partial charge in [-0.25, -0.2) is 0 Å². The van der Waals surface area contributed by atoms with Gasteiger partial charge >= 0.3 is 12.1 Å². The molecule has 202 valence electrons. The van der Waals surface area contributed by atoms with Crippen LogP contribution in [-0.4, -0.2) is 48.8 Å². The fraction of sp³-hybridized carbons (Fsp3) is 0.393. The Labute approximate surface area is 224 Å². The summed E-state index contributed by atoms with van der Waals surface area (Å²) in [5.41, 5.74) is 2.11. The van der Waals surface area contributed by atoms with Gasteiger partial charge in [0, 0.05) is 41.6 Å². The minimum absolute atomic E-state index is 0.149. The molecule has 0 spiro atoms. The van der Waals surface area contributed by atoms with Crippen molar-refractivity contribution in [2.75, 3.05) is 36.6 Å². The van der Waals surface area contributed by atoms with Crippen LogP contribution in [0, 0.1) is 11.8 Å². The Bertz CT molecular complexity index is 1340. The van der Waals surface area contributed by atoms with Gasteiger partial charge in [0.1, 0.15) is 6.54 Å². The number of halogens is 3. The first-order valence-electron chi connectivity index (χ1n) is 12.4. The lowest BCUT2D eigenvalue weighted by Gasteiger charge is -2.24. The molecule has 0 radical (unpaired) electrons. The number of esters is 1. The van der Waals surface area contributed by atoms with Gasteiger partial charge in [0.2, 0.25) is 0 Å². The Balaban J connectivity index is 1.59. The number of thioether (sulfide) groups is 1. The first-order valence-corrected chi connectivity index (χ1v) is 13.6. The largest absolute Gasteiger partial charge is 0.424 e. The summed E-state index contributed by atoms with van der Waals surface area (Å²) in [4.78, 5) is 12.8. The van der Waals surface area contributed by atoms with E-state index in [9.17, 15) is 18.0 Å². The quantitative estimate of drug-likeness (QED) is 0.150. The molecule has 2 heterocycles. The zero-order valence-electron chi connectivity index (χ0n) is 21.3. The summed E-state index contributed by atoms with van der Waals surface area (Å²) in [6.07, 6.45) is -0.569. The van der Waals surface area contributed by atoms with Crippen molar-refractivity contribution < 1.29 is 27.4 Å². The second-order valence-corrected chi connectivity index (χ2v) is 9.72. The van der Waals surface area contributed by atoms with Gasteiger partial charge in [-0.15, -0.1) is 11.8 Å². The highest BCUT2D eigenvalue weighted by molar-refractivity contribution is 7.98. The number of rotatable bonds is 8. The summed E-state index contributed by atoms with van der Waals surface area (Å²) in [6.45, 7) is 2.04. The van der Waals surface area contributed by atoms with Gasteiger partial charge in [-0.2, -0.15) is 13.2 Å². The maximum absolute atomic E-state index is 13.5. The number of nitrogens with zero attached hydrogens (tertiary/aromatic N) is 1. The Morgan fingerprint density at radius 1 is 1.18 bits per heavy atom. The zero-order chi connectivity index (χ0) is 27.1. The molecule has 2 aromatic carbocycles. The van der Waals surface area contributed by atoms with E-state index >= 15 is 0 Å². The van der Waals surface area contributed by atoms with E-state index in [-0.39, 0.29) is 30.7 Å². The standard InChI is InChI=1S/C28H30F3N3O3S/c1-3-27(35)37-26-17-21(38-2)9-10-24(26)32-13-5-6-20-16-22-23(33-19-11-14-36-15-12-19)7-4-8-25(22)34(20)18-28(29,30)31/h4,7-10,16-17,19,32-33H,3,11-15,18H2,1-2H3. The number of anilines is 2. The first-order chi connectivity index (χ1) is 18.3. The molecule has 0 saturated carbocycles. The summed E-state index contributed by atoms with van der Waals surface area (Å²) < 4.78 is 52.5. The Kier molecular flexibility index (Phi) is 9.13. The number of carbonyl (C=O) groups excluding carboxylic acids is 1. The van der Waals surface area contributed by atoms with Crippen LogP contribution in [0.4, 0.5) is 24.5 Å². The summed E-state index contributed by atoms with van der Waals surface area (Å²) in [5.74, 6) is 5.87. The summed E-state index contributed by atoms with van der Waals surface area (Å²) in [7, 11) is 0. The van der Waals surface area contributed by atoms with Crippen molar-refractivity contribution in [3.05, 3.63) is 48.2 Å². The predicted octanol–water partition coefficient (Wildman–Crippen LogP) is 6.30. The van der Waals surface area contributed by atoms with Gasteiger partial charge in [-0.3, -0.25) is 4.79 Å². The second-order valence-electron chi connectivity index (χ2n) is 8.85. The van der Waals surface area contributed by atoms with Crippen LogP contribution in [0.25, 0.3) is 10.9 Å². The third kappa shape index (κ3) is 7.17. The third-order valence-corrected chi connectivity index (χ3v) is 6.87. The van der Waals surface area contributed by atoms with Crippen LogP contribution in [0.2, 0.25) is 0 Å². The van der Waals surface area contributed by atoms with Crippen molar-refractivity contribution in [2.45, 2.75) is 49.8 Å². The van der Waals surface area contributed by atoms with E-state index in [0.29, 0.717) is 35.6 Å². The van der Waals surface area contributed by atoms with Crippen molar-refractivity contribution >= 4 is 40.0 Å². The minimum atomic E-state index is -4.40. The van der Waals surface area contributed by atoms with Crippen LogP contribution in [0.5, 0.6) is 5.75 Å². The molecule has 1 fully saturated rings. The molecule has 0 atom stereocenters. The van der Waals surface area contributed by atoms with Crippen LogP contribution >= 0.6 is 11.8 Å². The van der Waals surface area contributed by atoms with Crippen LogP contribution < -0.4 is 15.4 Å². The second kappa shape index (κ2) is 12.5. The van der Waals surface area contributed by atoms with Gasteiger partial charge < -0.3 is 24.7 Å². The lowest BCUT2D eigenvalue weighted by Crippen LogP contribution is -2.27. The number of hydrogen-bond acceptors (Lipinski definition) is 6. The molecular weight excluding hydrogens is 515 g/mol. The molecular formula is C28H30F3N3O3S. The van der Waals surface area contributed by atoms with E-state index < -0.39 is 12.7 Å². The van der Waals surface area contributed by atoms with Crippen LogP contribution in [0.1, 0.15) is 31.9 Å². The molecule has 4 rings (SSSR count).